The fourth-order valence-electron chi connectivity index (χ4n) is 2.24. The van der Waals surface area contributed by atoms with Crippen molar-refractivity contribution in [2.24, 2.45) is 5.41 Å². The third-order valence-electron chi connectivity index (χ3n) is 3.88. The lowest BCUT2D eigenvalue weighted by Crippen LogP contribution is -2.34. The molecule has 1 aliphatic rings. The van der Waals surface area contributed by atoms with Gasteiger partial charge in [-0.25, -0.2) is 0 Å². The van der Waals surface area contributed by atoms with Crippen LogP contribution in [0.2, 0.25) is 0 Å². The number of carbonyl (C=O) groups is 2. The first-order chi connectivity index (χ1) is 9.77. The van der Waals surface area contributed by atoms with Crippen LogP contribution in [0.1, 0.15) is 34.3 Å². The molecular weight excluding hydrogens is 276 g/mol. The lowest BCUT2D eigenvalue weighted by atomic mass is 10.0. The summed E-state index contributed by atoms with van der Waals surface area (Å²) in [5.41, 5.74) is 0.327. The Labute approximate surface area is 121 Å². The van der Waals surface area contributed by atoms with Gasteiger partial charge in [-0.1, -0.05) is 0 Å². The SMILES string of the molecule is Cc1cc(C)c([N+](=O)[O-])cc1C(=O)NCC1(C(=O)O)CC1. The predicted octanol–water partition coefficient (Wildman–Crippen LogP) is 1.81. The molecular formula is C14H16N2O5. The van der Waals surface area contributed by atoms with E-state index in [4.69, 9.17) is 5.11 Å². The summed E-state index contributed by atoms with van der Waals surface area (Å²) in [4.78, 5) is 33.6. The molecule has 0 aromatic heterocycles. The minimum absolute atomic E-state index is 0.0439. The van der Waals surface area contributed by atoms with Gasteiger partial charge in [0.25, 0.3) is 11.6 Å². The van der Waals surface area contributed by atoms with Crippen molar-refractivity contribution >= 4 is 17.6 Å². The van der Waals surface area contributed by atoms with E-state index in [1.807, 2.05) is 0 Å². The van der Waals surface area contributed by atoms with Crippen molar-refractivity contribution in [1.82, 2.24) is 5.32 Å². The van der Waals surface area contributed by atoms with Crippen molar-refractivity contribution in [2.45, 2.75) is 26.7 Å². The molecule has 0 aliphatic heterocycles. The average molecular weight is 292 g/mol. The molecule has 0 spiro atoms. The molecule has 2 N–H and O–H groups in total. The van der Waals surface area contributed by atoms with Crippen LogP contribution in [0.4, 0.5) is 5.69 Å². The standard InChI is InChI=1S/C14H16N2O5/c1-8-5-9(2)11(16(20)21)6-10(8)12(17)15-7-14(3-4-14)13(18)19/h5-6H,3-4,7H2,1-2H3,(H,15,17)(H,18,19). The van der Waals surface area contributed by atoms with Crippen LogP contribution < -0.4 is 5.32 Å². The highest BCUT2D eigenvalue weighted by Gasteiger charge is 2.50. The summed E-state index contributed by atoms with van der Waals surface area (Å²) in [6, 6.07) is 2.82. The number of nitrogens with one attached hydrogen (secondary N) is 1. The number of carboxylic acid groups (broad SMARTS) is 1. The molecule has 1 aromatic carbocycles. The Kier molecular flexibility index (Phi) is 3.67. The van der Waals surface area contributed by atoms with E-state index in [1.165, 1.54) is 6.07 Å². The van der Waals surface area contributed by atoms with Crippen LogP contribution in [0.5, 0.6) is 0 Å². The Hall–Kier alpha value is -2.44. The van der Waals surface area contributed by atoms with E-state index >= 15 is 0 Å². The van der Waals surface area contributed by atoms with E-state index in [0.717, 1.165) is 0 Å². The average Bonchev–Trinajstić information content (AvgIpc) is 3.16. The van der Waals surface area contributed by atoms with Crippen molar-refractivity contribution in [3.63, 3.8) is 0 Å². The molecule has 0 radical (unpaired) electrons. The van der Waals surface area contributed by atoms with Crippen molar-refractivity contribution in [3.8, 4) is 0 Å². The molecule has 1 fully saturated rings. The number of nitro benzene ring substituents is 1. The van der Waals surface area contributed by atoms with Crippen LogP contribution >= 0.6 is 0 Å². The van der Waals surface area contributed by atoms with E-state index < -0.39 is 22.2 Å². The van der Waals surface area contributed by atoms with E-state index in [2.05, 4.69) is 5.32 Å². The highest BCUT2D eigenvalue weighted by molar-refractivity contribution is 5.97. The summed E-state index contributed by atoms with van der Waals surface area (Å²) >= 11 is 0. The monoisotopic (exact) mass is 292 g/mol. The first-order valence-corrected chi connectivity index (χ1v) is 6.54. The summed E-state index contributed by atoms with van der Waals surface area (Å²) < 4.78 is 0. The van der Waals surface area contributed by atoms with Crippen LogP contribution in [-0.2, 0) is 4.79 Å². The molecule has 0 saturated heterocycles. The number of aryl methyl sites for hydroxylation is 2. The van der Waals surface area contributed by atoms with Crippen molar-refractivity contribution in [1.29, 1.82) is 0 Å². The Bertz CT molecular complexity index is 634. The predicted molar refractivity (Wildman–Crippen MR) is 74.2 cm³/mol. The Morgan fingerprint density at radius 3 is 2.43 bits per heavy atom. The molecule has 1 amide bonds. The maximum absolute atomic E-state index is 12.1. The maximum atomic E-state index is 12.1. The van der Waals surface area contributed by atoms with Gasteiger partial charge in [0.2, 0.25) is 0 Å². The molecule has 1 aliphatic carbocycles. The number of carbonyl (C=O) groups excluding carboxylic acids is 1. The van der Waals surface area contributed by atoms with E-state index in [9.17, 15) is 19.7 Å². The number of amides is 1. The second-order valence-electron chi connectivity index (χ2n) is 5.48. The normalized spacial score (nSPS) is 15.3. The second kappa shape index (κ2) is 5.16. The first-order valence-electron chi connectivity index (χ1n) is 6.54. The molecule has 7 nitrogen and oxygen atoms in total. The molecule has 1 saturated carbocycles. The zero-order valence-corrected chi connectivity index (χ0v) is 11.8. The van der Waals surface area contributed by atoms with Gasteiger partial charge in [-0.05, 0) is 38.3 Å². The minimum Gasteiger partial charge on any atom is -0.481 e. The molecule has 0 heterocycles. The molecule has 0 unspecified atom stereocenters. The number of aliphatic carboxylic acids is 1. The van der Waals surface area contributed by atoms with Crippen molar-refractivity contribution < 1.29 is 19.6 Å². The summed E-state index contributed by atoms with van der Waals surface area (Å²) in [6.45, 7) is 3.34. The maximum Gasteiger partial charge on any atom is 0.311 e. The summed E-state index contributed by atoms with van der Waals surface area (Å²) in [5, 5.41) is 22.5. The number of benzene rings is 1. The highest BCUT2D eigenvalue weighted by atomic mass is 16.6. The number of hydrogen-bond donors (Lipinski definition) is 2. The summed E-state index contributed by atoms with van der Waals surface area (Å²) in [7, 11) is 0. The van der Waals surface area contributed by atoms with Crippen molar-refractivity contribution in [3.05, 3.63) is 38.9 Å². The topological polar surface area (TPSA) is 110 Å². The molecule has 0 bridgehead atoms. The fraction of sp³-hybridized carbons (Fsp3) is 0.429. The lowest BCUT2D eigenvalue weighted by Gasteiger charge is -2.12. The van der Waals surface area contributed by atoms with E-state index in [1.54, 1.807) is 19.9 Å². The zero-order chi connectivity index (χ0) is 15.8. The highest BCUT2D eigenvalue weighted by Crippen LogP contribution is 2.45. The van der Waals surface area contributed by atoms with Crippen LogP contribution in [0.25, 0.3) is 0 Å². The van der Waals surface area contributed by atoms with Gasteiger partial charge in [-0.3, -0.25) is 19.7 Å². The quantitative estimate of drug-likeness (QED) is 0.635. The van der Waals surface area contributed by atoms with Crippen LogP contribution in [0.15, 0.2) is 12.1 Å². The number of hydrogen-bond acceptors (Lipinski definition) is 4. The molecule has 7 heteroatoms. The Morgan fingerprint density at radius 2 is 1.95 bits per heavy atom. The van der Waals surface area contributed by atoms with E-state index in [0.29, 0.717) is 24.0 Å². The van der Waals surface area contributed by atoms with Gasteiger partial charge in [0.15, 0.2) is 0 Å². The largest absolute Gasteiger partial charge is 0.481 e. The van der Waals surface area contributed by atoms with Crippen molar-refractivity contribution in [2.75, 3.05) is 6.54 Å². The van der Waals surface area contributed by atoms with Crippen LogP contribution in [0, 0.1) is 29.4 Å². The van der Waals surface area contributed by atoms with Gasteiger partial charge < -0.3 is 10.4 Å². The van der Waals surface area contributed by atoms with Crippen LogP contribution in [-0.4, -0.2) is 28.5 Å². The number of nitro groups is 1. The van der Waals surface area contributed by atoms with Gasteiger partial charge in [0.1, 0.15) is 0 Å². The summed E-state index contributed by atoms with van der Waals surface area (Å²) in [5.74, 6) is -1.41. The summed E-state index contributed by atoms with van der Waals surface area (Å²) in [6.07, 6.45) is 1.07. The fourth-order valence-corrected chi connectivity index (χ4v) is 2.24. The third-order valence-corrected chi connectivity index (χ3v) is 3.88. The van der Waals surface area contributed by atoms with Crippen LogP contribution in [0.3, 0.4) is 0 Å². The Morgan fingerprint density at radius 1 is 1.33 bits per heavy atom. The molecule has 112 valence electrons. The van der Waals surface area contributed by atoms with Gasteiger partial charge in [0, 0.05) is 23.7 Å². The molecule has 0 atom stereocenters. The van der Waals surface area contributed by atoms with Gasteiger partial charge in [-0.2, -0.15) is 0 Å². The number of carboxylic acids is 1. The molecule has 21 heavy (non-hydrogen) atoms. The second-order valence-corrected chi connectivity index (χ2v) is 5.48. The lowest BCUT2D eigenvalue weighted by molar-refractivity contribution is -0.385. The Balaban J connectivity index is 2.18. The molecule has 1 aromatic rings. The smallest absolute Gasteiger partial charge is 0.311 e. The van der Waals surface area contributed by atoms with Gasteiger partial charge in [-0.15, -0.1) is 0 Å². The number of rotatable bonds is 5. The zero-order valence-electron chi connectivity index (χ0n) is 11.8. The van der Waals surface area contributed by atoms with Gasteiger partial charge in [0.05, 0.1) is 10.3 Å². The van der Waals surface area contributed by atoms with E-state index in [-0.39, 0.29) is 17.8 Å². The van der Waals surface area contributed by atoms with Gasteiger partial charge >= 0.3 is 5.97 Å². The third kappa shape index (κ3) is 2.86. The minimum atomic E-state index is -0.922. The first kappa shape index (κ1) is 15.0. The number of nitrogens with zero attached hydrogens (tertiary/aromatic N) is 1. The molecule has 2 rings (SSSR count).